The number of hydrogen-bond acceptors (Lipinski definition) is 7. The molecule has 8 nitrogen and oxygen atoms in total. The molecule has 0 aromatic heterocycles. The SMILES string of the molecule is CCOC(=O)CC1CN(S(=O)(=O)c2ccc3c(c2)OCCO3)CCN1Cc1ccc(F)cc1. The van der Waals surface area contributed by atoms with Crippen LogP contribution in [0.15, 0.2) is 47.4 Å². The third-order valence-electron chi connectivity index (χ3n) is 5.73. The number of rotatable bonds is 7. The van der Waals surface area contributed by atoms with E-state index >= 15 is 0 Å². The van der Waals surface area contributed by atoms with Gasteiger partial charge < -0.3 is 14.2 Å². The van der Waals surface area contributed by atoms with Crippen molar-refractivity contribution in [2.75, 3.05) is 39.5 Å². The minimum atomic E-state index is -3.81. The molecule has 1 unspecified atom stereocenters. The molecule has 1 fully saturated rings. The molecule has 2 aliphatic rings. The average molecular weight is 479 g/mol. The van der Waals surface area contributed by atoms with E-state index < -0.39 is 10.0 Å². The van der Waals surface area contributed by atoms with Crippen LogP contribution in [0.25, 0.3) is 0 Å². The Bertz CT molecular complexity index is 1090. The maximum absolute atomic E-state index is 13.4. The quantitative estimate of drug-likeness (QED) is 0.565. The van der Waals surface area contributed by atoms with Crippen LogP contribution in [0.5, 0.6) is 11.5 Å². The molecular formula is C23H27FN2O6S. The molecule has 0 spiro atoms. The highest BCUT2D eigenvalue weighted by molar-refractivity contribution is 7.89. The summed E-state index contributed by atoms with van der Waals surface area (Å²) in [5.74, 6) is 0.215. The number of ether oxygens (including phenoxy) is 3. The number of piperazine rings is 1. The number of halogens is 1. The number of esters is 1. The monoisotopic (exact) mass is 478 g/mol. The Hall–Kier alpha value is -2.69. The third-order valence-corrected chi connectivity index (χ3v) is 7.59. The van der Waals surface area contributed by atoms with E-state index in [2.05, 4.69) is 0 Å². The second kappa shape index (κ2) is 10.1. The third kappa shape index (κ3) is 5.45. The summed E-state index contributed by atoms with van der Waals surface area (Å²) in [5, 5.41) is 0. The van der Waals surface area contributed by atoms with Gasteiger partial charge in [-0.1, -0.05) is 12.1 Å². The summed E-state index contributed by atoms with van der Waals surface area (Å²) in [5.41, 5.74) is 0.883. The van der Waals surface area contributed by atoms with Crippen molar-refractivity contribution < 1.29 is 31.8 Å². The van der Waals surface area contributed by atoms with Gasteiger partial charge in [-0.2, -0.15) is 4.31 Å². The number of hydrogen-bond donors (Lipinski definition) is 0. The van der Waals surface area contributed by atoms with Crippen molar-refractivity contribution in [3.63, 3.8) is 0 Å². The average Bonchev–Trinajstić information content (AvgIpc) is 2.81. The molecule has 2 aliphatic heterocycles. The second-order valence-corrected chi connectivity index (χ2v) is 9.87. The van der Waals surface area contributed by atoms with Crippen molar-refractivity contribution in [2.45, 2.75) is 30.8 Å². The lowest BCUT2D eigenvalue weighted by molar-refractivity contribution is -0.145. The van der Waals surface area contributed by atoms with E-state index in [1.54, 1.807) is 25.1 Å². The predicted molar refractivity (Wildman–Crippen MR) is 118 cm³/mol. The molecule has 0 bridgehead atoms. The van der Waals surface area contributed by atoms with E-state index in [4.69, 9.17) is 14.2 Å². The molecule has 1 saturated heterocycles. The van der Waals surface area contributed by atoms with Gasteiger partial charge in [0.25, 0.3) is 0 Å². The first-order valence-corrected chi connectivity index (χ1v) is 12.3. The molecule has 0 radical (unpaired) electrons. The standard InChI is InChI=1S/C23H27FN2O6S/c1-2-30-23(27)13-19-16-26(10-9-25(19)15-17-3-5-18(24)6-4-17)33(28,29)20-7-8-21-22(14-20)32-12-11-31-21/h3-8,14,19H,2,9-13,15-16H2,1H3. The van der Waals surface area contributed by atoms with E-state index in [-0.39, 0.29) is 48.8 Å². The van der Waals surface area contributed by atoms with Crippen LogP contribution < -0.4 is 9.47 Å². The summed E-state index contributed by atoms with van der Waals surface area (Å²) in [4.78, 5) is 14.4. The molecule has 0 aliphatic carbocycles. The van der Waals surface area contributed by atoms with Crippen molar-refractivity contribution in [1.29, 1.82) is 0 Å². The Kier molecular flexibility index (Phi) is 7.16. The lowest BCUT2D eigenvalue weighted by atomic mass is 10.1. The van der Waals surface area contributed by atoms with Gasteiger partial charge in [-0.05, 0) is 36.8 Å². The highest BCUT2D eigenvalue weighted by atomic mass is 32.2. The first-order valence-electron chi connectivity index (χ1n) is 10.9. The fraction of sp³-hybridized carbons (Fsp3) is 0.435. The van der Waals surface area contributed by atoms with Gasteiger partial charge in [-0.25, -0.2) is 12.8 Å². The Labute approximate surface area is 192 Å². The van der Waals surface area contributed by atoms with E-state index in [0.29, 0.717) is 37.8 Å². The fourth-order valence-electron chi connectivity index (χ4n) is 4.05. The maximum Gasteiger partial charge on any atom is 0.307 e. The van der Waals surface area contributed by atoms with Crippen molar-refractivity contribution in [2.24, 2.45) is 0 Å². The van der Waals surface area contributed by atoms with Crippen LogP contribution in [0, 0.1) is 5.82 Å². The van der Waals surface area contributed by atoms with E-state index in [0.717, 1.165) is 5.56 Å². The van der Waals surface area contributed by atoms with Crippen LogP contribution in [0.3, 0.4) is 0 Å². The van der Waals surface area contributed by atoms with Gasteiger partial charge >= 0.3 is 5.97 Å². The van der Waals surface area contributed by atoms with E-state index in [9.17, 15) is 17.6 Å². The molecule has 1 atom stereocenters. The Balaban J connectivity index is 1.54. The van der Waals surface area contributed by atoms with Crippen LogP contribution in [-0.4, -0.2) is 69.1 Å². The number of carbonyl (C=O) groups is 1. The zero-order valence-corrected chi connectivity index (χ0v) is 19.2. The fourth-order valence-corrected chi connectivity index (χ4v) is 5.54. The van der Waals surface area contributed by atoms with Gasteiger partial charge in [0, 0.05) is 38.3 Å². The molecule has 0 amide bonds. The molecule has 2 aromatic rings. The zero-order chi connectivity index (χ0) is 23.4. The minimum Gasteiger partial charge on any atom is -0.486 e. The first-order chi connectivity index (χ1) is 15.9. The highest BCUT2D eigenvalue weighted by Crippen LogP contribution is 2.33. The molecule has 33 heavy (non-hydrogen) atoms. The van der Waals surface area contributed by atoms with E-state index in [1.165, 1.54) is 28.6 Å². The predicted octanol–water partition coefficient (Wildman–Crippen LogP) is 2.43. The van der Waals surface area contributed by atoms with Crippen LogP contribution in [0.2, 0.25) is 0 Å². The van der Waals surface area contributed by atoms with Crippen molar-refractivity contribution >= 4 is 16.0 Å². The zero-order valence-electron chi connectivity index (χ0n) is 18.4. The molecule has 178 valence electrons. The topological polar surface area (TPSA) is 85.4 Å². The Morgan fingerprint density at radius 1 is 1.09 bits per heavy atom. The van der Waals surface area contributed by atoms with Crippen LogP contribution in [0.4, 0.5) is 4.39 Å². The summed E-state index contributed by atoms with van der Waals surface area (Å²) >= 11 is 0. The molecule has 0 N–H and O–H groups in total. The lowest BCUT2D eigenvalue weighted by Gasteiger charge is -2.40. The summed E-state index contributed by atoms with van der Waals surface area (Å²) < 4.78 is 57.6. The number of carbonyl (C=O) groups excluding carboxylic acids is 1. The van der Waals surface area contributed by atoms with Gasteiger partial charge in [-0.15, -0.1) is 0 Å². The van der Waals surface area contributed by atoms with Gasteiger partial charge in [-0.3, -0.25) is 9.69 Å². The first kappa shape index (κ1) is 23.5. The second-order valence-electron chi connectivity index (χ2n) is 7.93. The molecule has 2 aromatic carbocycles. The van der Waals surface area contributed by atoms with E-state index in [1.807, 2.05) is 4.90 Å². The van der Waals surface area contributed by atoms with Gasteiger partial charge in [0.1, 0.15) is 19.0 Å². The van der Waals surface area contributed by atoms with Crippen molar-refractivity contribution in [3.05, 3.63) is 53.8 Å². The number of nitrogens with zero attached hydrogens (tertiary/aromatic N) is 2. The molecule has 4 rings (SSSR count). The van der Waals surface area contributed by atoms with Crippen LogP contribution in [-0.2, 0) is 26.1 Å². The summed E-state index contributed by atoms with van der Waals surface area (Å²) in [6, 6.07) is 10.4. The number of fused-ring (bicyclic) bond motifs is 1. The maximum atomic E-state index is 13.4. The molecule has 10 heteroatoms. The molecular weight excluding hydrogens is 451 g/mol. The normalized spacial score (nSPS) is 19.3. The summed E-state index contributed by atoms with van der Waals surface area (Å²) in [6.07, 6.45) is 0.0577. The minimum absolute atomic E-state index is 0.0577. The van der Waals surface area contributed by atoms with Gasteiger partial charge in [0.15, 0.2) is 11.5 Å². The number of sulfonamides is 1. The van der Waals surface area contributed by atoms with Crippen molar-refractivity contribution in [3.8, 4) is 11.5 Å². The highest BCUT2D eigenvalue weighted by Gasteiger charge is 2.36. The van der Waals surface area contributed by atoms with Crippen LogP contribution >= 0.6 is 0 Å². The smallest absolute Gasteiger partial charge is 0.307 e. The summed E-state index contributed by atoms with van der Waals surface area (Å²) in [6.45, 7) is 4.06. The van der Waals surface area contributed by atoms with Gasteiger partial charge in [0.2, 0.25) is 10.0 Å². The largest absolute Gasteiger partial charge is 0.486 e. The van der Waals surface area contributed by atoms with Gasteiger partial charge in [0.05, 0.1) is 17.9 Å². The van der Waals surface area contributed by atoms with Crippen molar-refractivity contribution in [1.82, 2.24) is 9.21 Å². The lowest BCUT2D eigenvalue weighted by Crippen LogP contribution is -2.54. The van der Waals surface area contributed by atoms with Crippen LogP contribution in [0.1, 0.15) is 18.9 Å². The summed E-state index contributed by atoms with van der Waals surface area (Å²) in [7, 11) is -3.81. The molecule has 2 heterocycles. The Morgan fingerprint density at radius 3 is 2.55 bits per heavy atom. The Morgan fingerprint density at radius 2 is 1.82 bits per heavy atom. The number of benzene rings is 2. The molecule has 0 saturated carbocycles.